The van der Waals surface area contributed by atoms with Crippen molar-refractivity contribution in [2.24, 2.45) is 17.3 Å². The largest absolute Gasteiger partial charge is 0.445 e. The Labute approximate surface area is 218 Å². The Balaban J connectivity index is 1.57. The average molecular weight is 503 g/mol. The Morgan fingerprint density at radius 2 is 1.95 bits per heavy atom. The van der Waals surface area contributed by atoms with Crippen LogP contribution in [-0.2, 0) is 20.9 Å². The van der Waals surface area contributed by atoms with Gasteiger partial charge in [0.15, 0.2) is 0 Å². The molecule has 8 nitrogen and oxygen atoms in total. The van der Waals surface area contributed by atoms with Crippen LogP contribution in [0.25, 0.3) is 0 Å². The zero-order chi connectivity index (χ0) is 26.7. The molecule has 1 fully saturated rings. The van der Waals surface area contributed by atoms with Gasteiger partial charge in [0.1, 0.15) is 18.7 Å². The number of fused-ring (bicyclic) bond motifs is 1. The Kier molecular flexibility index (Phi) is 7.53. The lowest BCUT2D eigenvalue weighted by molar-refractivity contribution is -0.137. The van der Waals surface area contributed by atoms with Gasteiger partial charge in [-0.25, -0.2) is 4.79 Å². The fraction of sp³-hybridized carbons (Fsp3) is 0.448. The first-order chi connectivity index (χ1) is 17.7. The van der Waals surface area contributed by atoms with Gasteiger partial charge < -0.3 is 15.0 Å². The minimum absolute atomic E-state index is 0.0861. The molecular formula is C29H34N4O4. The molecule has 1 aromatic rings. The number of allylic oxidation sites excluding steroid dienone is 4. The summed E-state index contributed by atoms with van der Waals surface area (Å²) >= 11 is 0. The summed E-state index contributed by atoms with van der Waals surface area (Å²) in [6.45, 7) is 6.18. The topological polar surface area (TPSA) is 103 Å². The molecule has 8 heteroatoms. The van der Waals surface area contributed by atoms with E-state index in [4.69, 9.17) is 4.74 Å². The normalized spacial score (nSPS) is 25.1. The number of hydrogen-bond acceptors (Lipinski definition) is 5. The summed E-state index contributed by atoms with van der Waals surface area (Å²) < 4.78 is 5.49. The number of nitriles is 1. The number of ether oxygens (including phenoxy) is 1. The molecule has 2 aliphatic heterocycles. The molecule has 194 valence electrons. The van der Waals surface area contributed by atoms with Gasteiger partial charge in [0.05, 0.1) is 11.5 Å². The first-order valence-corrected chi connectivity index (χ1v) is 12.7. The van der Waals surface area contributed by atoms with Crippen molar-refractivity contribution in [3.8, 4) is 6.07 Å². The van der Waals surface area contributed by atoms with Crippen molar-refractivity contribution in [1.82, 2.24) is 15.1 Å². The van der Waals surface area contributed by atoms with Gasteiger partial charge >= 0.3 is 6.09 Å². The Hall–Kier alpha value is -3.86. The molecule has 37 heavy (non-hydrogen) atoms. The number of carbonyl (C=O) groups is 3. The molecule has 4 rings (SSSR count). The summed E-state index contributed by atoms with van der Waals surface area (Å²) in [6, 6.07) is 9.96. The van der Waals surface area contributed by atoms with E-state index in [1.54, 1.807) is 7.05 Å². The van der Waals surface area contributed by atoms with Crippen LogP contribution in [0, 0.1) is 28.6 Å². The predicted molar refractivity (Wildman–Crippen MR) is 138 cm³/mol. The Morgan fingerprint density at radius 1 is 1.24 bits per heavy atom. The summed E-state index contributed by atoms with van der Waals surface area (Å²) in [7, 11) is 1.55. The van der Waals surface area contributed by atoms with Gasteiger partial charge in [-0.15, -0.1) is 0 Å². The lowest BCUT2D eigenvalue weighted by Gasteiger charge is -2.33. The number of nitrogens with zero attached hydrogens (tertiary/aromatic N) is 3. The number of rotatable bonds is 6. The van der Waals surface area contributed by atoms with E-state index in [1.807, 2.05) is 68.5 Å². The molecule has 3 aliphatic rings. The fourth-order valence-electron chi connectivity index (χ4n) is 5.25. The number of likely N-dealkylation sites (tertiary alicyclic amines) is 1. The van der Waals surface area contributed by atoms with Crippen molar-refractivity contribution in [3.63, 3.8) is 0 Å². The maximum atomic E-state index is 13.9. The monoisotopic (exact) mass is 502 g/mol. The van der Waals surface area contributed by atoms with Crippen molar-refractivity contribution < 1.29 is 19.1 Å². The Bertz CT molecular complexity index is 1200. The highest BCUT2D eigenvalue weighted by Gasteiger charge is 2.57. The van der Waals surface area contributed by atoms with E-state index in [9.17, 15) is 19.6 Å². The third kappa shape index (κ3) is 5.17. The number of carbonyl (C=O) groups excluding carboxylic acids is 3. The van der Waals surface area contributed by atoms with Gasteiger partial charge in [0.25, 0.3) is 0 Å². The van der Waals surface area contributed by atoms with Crippen LogP contribution in [0.2, 0.25) is 0 Å². The molecule has 0 saturated carbocycles. The summed E-state index contributed by atoms with van der Waals surface area (Å²) in [5.74, 6) is -0.236. The van der Waals surface area contributed by atoms with Crippen LogP contribution in [0.5, 0.6) is 0 Å². The predicted octanol–water partition coefficient (Wildman–Crippen LogP) is 3.93. The lowest BCUT2D eigenvalue weighted by Crippen LogP contribution is -2.51. The van der Waals surface area contributed by atoms with Crippen LogP contribution in [0.4, 0.5) is 4.79 Å². The molecule has 1 N–H and O–H groups in total. The minimum atomic E-state index is -0.995. The van der Waals surface area contributed by atoms with Crippen LogP contribution < -0.4 is 5.32 Å². The van der Waals surface area contributed by atoms with Crippen molar-refractivity contribution in [1.29, 1.82) is 5.26 Å². The molecule has 4 unspecified atom stereocenters. The standard InChI is InChI=1S/C29H34N4O4/c1-19(2)14-25(32(4)28(36)37-17-21-8-6-5-7-9-21)26(34)33-18-29(15-22(33)16-30)23-12-10-20(3)11-13-24(23)31-27(29)35/h5-13,19-20,22,25H,14-15,17-18H2,1-4H3,(H,31,35). The maximum absolute atomic E-state index is 13.9. The van der Waals surface area contributed by atoms with Crippen molar-refractivity contribution in [2.75, 3.05) is 13.6 Å². The van der Waals surface area contributed by atoms with Gasteiger partial charge in [-0.2, -0.15) is 5.26 Å². The number of likely N-dealkylation sites (N-methyl/N-ethyl adjacent to an activating group) is 1. The van der Waals surface area contributed by atoms with Crippen molar-refractivity contribution in [2.45, 2.75) is 52.3 Å². The summed E-state index contributed by atoms with van der Waals surface area (Å²) in [5.41, 5.74) is 1.38. The molecule has 0 aromatic heterocycles. The maximum Gasteiger partial charge on any atom is 0.410 e. The lowest BCUT2D eigenvalue weighted by atomic mass is 9.78. The van der Waals surface area contributed by atoms with E-state index >= 15 is 0 Å². The van der Waals surface area contributed by atoms with Gasteiger partial charge in [-0.1, -0.05) is 69.3 Å². The molecule has 2 heterocycles. The molecule has 3 amide bonds. The number of nitrogens with one attached hydrogen (secondary N) is 1. The fourth-order valence-corrected chi connectivity index (χ4v) is 5.25. The minimum Gasteiger partial charge on any atom is -0.445 e. The van der Waals surface area contributed by atoms with E-state index in [-0.39, 0.29) is 43.2 Å². The zero-order valence-corrected chi connectivity index (χ0v) is 21.8. The quantitative estimate of drug-likeness (QED) is 0.635. The van der Waals surface area contributed by atoms with E-state index in [0.717, 1.165) is 16.8 Å². The third-order valence-corrected chi connectivity index (χ3v) is 7.35. The van der Waals surface area contributed by atoms with Crippen LogP contribution in [0.1, 0.15) is 39.2 Å². The highest BCUT2D eigenvalue weighted by molar-refractivity contribution is 5.95. The second-order valence-corrected chi connectivity index (χ2v) is 10.6. The highest BCUT2D eigenvalue weighted by atomic mass is 16.6. The zero-order valence-electron chi connectivity index (χ0n) is 21.8. The van der Waals surface area contributed by atoms with E-state index < -0.39 is 23.6 Å². The molecule has 1 spiro atoms. The molecule has 4 atom stereocenters. The number of hydrogen-bond donors (Lipinski definition) is 1. The van der Waals surface area contributed by atoms with E-state index in [1.165, 1.54) is 9.80 Å². The van der Waals surface area contributed by atoms with Crippen LogP contribution in [0.15, 0.2) is 65.9 Å². The third-order valence-electron chi connectivity index (χ3n) is 7.35. The second kappa shape index (κ2) is 10.6. The Morgan fingerprint density at radius 3 is 2.62 bits per heavy atom. The van der Waals surface area contributed by atoms with Gasteiger partial charge in [0, 0.05) is 25.7 Å². The molecule has 1 aromatic carbocycles. The smallest absolute Gasteiger partial charge is 0.410 e. The molecule has 1 saturated heterocycles. The number of benzene rings is 1. The van der Waals surface area contributed by atoms with Gasteiger partial charge in [-0.05, 0) is 35.5 Å². The summed E-state index contributed by atoms with van der Waals surface area (Å²) in [6.07, 6.45) is 7.87. The number of amides is 3. The highest BCUT2D eigenvalue weighted by Crippen LogP contribution is 2.47. The summed E-state index contributed by atoms with van der Waals surface area (Å²) in [5, 5.41) is 13.0. The summed E-state index contributed by atoms with van der Waals surface area (Å²) in [4.78, 5) is 42.9. The molecular weight excluding hydrogens is 468 g/mol. The molecule has 0 radical (unpaired) electrons. The van der Waals surface area contributed by atoms with Gasteiger partial charge in [-0.3, -0.25) is 14.5 Å². The second-order valence-electron chi connectivity index (χ2n) is 10.6. The molecule has 0 bridgehead atoms. The SMILES string of the molecule is CC1C=CC2=C(C=C1)C1(CC(C#N)N(C(=O)C(CC(C)C)N(C)C(=O)OCc3ccccc3)C1)C(=O)N2. The average Bonchev–Trinajstić information content (AvgIpc) is 3.33. The molecule has 1 aliphatic carbocycles. The van der Waals surface area contributed by atoms with E-state index in [2.05, 4.69) is 18.3 Å². The first-order valence-electron chi connectivity index (χ1n) is 12.7. The first kappa shape index (κ1) is 26.2. The van der Waals surface area contributed by atoms with Crippen molar-refractivity contribution >= 4 is 17.9 Å². The van der Waals surface area contributed by atoms with Crippen molar-refractivity contribution in [3.05, 3.63) is 71.5 Å². The van der Waals surface area contributed by atoms with E-state index in [0.29, 0.717) is 6.42 Å². The van der Waals surface area contributed by atoms with Crippen LogP contribution >= 0.6 is 0 Å². The van der Waals surface area contributed by atoms with Crippen LogP contribution in [-0.4, -0.2) is 53.4 Å². The van der Waals surface area contributed by atoms with Crippen LogP contribution in [0.3, 0.4) is 0 Å². The van der Waals surface area contributed by atoms with Gasteiger partial charge in [0.2, 0.25) is 11.8 Å².